The number of carbonyl (C=O) groups excluding carboxylic acids is 1. The number of Topliss-reactive ketones (excluding diaryl/α,β-unsaturated/α-hetero) is 1. The first kappa shape index (κ1) is 13.4. The highest BCUT2D eigenvalue weighted by Crippen LogP contribution is 2.44. The van der Waals surface area contributed by atoms with Gasteiger partial charge in [0, 0.05) is 16.5 Å². The van der Waals surface area contributed by atoms with Crippen LogP contribution in [0.5, 0.6) is 0 Å². The van der Waals surface area contributed by atoms with E-state index in [2.05, 4.69) is 43.3 Å². The van der Waals surface area contributed by atoms with Crippen molar-refractivity contribution >= 4 is 16.7 Å². The highest BCUT2D eigenvalue weighted by molar-refractivity contribution is 7.98. The summed E-state index contributed by atoms with van der Waals surface area (Å²) in [5.41, 5.74) is 2.49. The number of ketones is 1. The van der Waals surface area contributed by atoms with Crippen LogP contribution in [0.15, 0.2) is 60.7 Å². The molecule has 0 aliphatic carbocycles. The minimum absolute atomic E-state index is 0.0434. The van der Waals surface area contributed by atoms with Gasteiger partial charge in [-0.3, -0.25) is 4.79 Å². The fourth-order valence-corrected chi connectivity index (χ4v) is 5.58. The summed E-state index contributed by atoms with van der Waals surface area (Å²) >= 11 is 0. The number of hydrogen-bond donors (Lipinski definition) is 0. The molecule has 1 unspecified atom stereocenters. The van der Waals surface area contributed by atoms with Crippen LogP contribution >= 0.6 is 0 Å². The summed E-state index contributed by atoms with van der Waals surface area (Å²) in [6.07, 6.45) is 0. The molecule has 1 aliphatic rings. The monoisotopic (exact) mass is 283 g/mol. The minimum Gasteiger partial charge on any atom is -0.293 e. The second-order valence-corrected chi connectivity index (χ2v) is 7.61. The molecule has 1 fully saturated rings. The molecule has 3 rings (SSSR count). The van der Waals surface area contributed by atoms with E-state index in [0.29, 0.717) is 11.0 Å². The fraction of sp³-hybridized carbons (Fsp3) is 0.278. The van der Waals surface area contributed by atoms with Gasteiger partial charge in [0.25, 0.3) is 0 Å². The molecule has 2 aromatic rings. The zero-order chi connectivity index (χ0) is 13.9. The molecule has 1 saturated heterocycles. The summed E-state index contributed by atoms with van der Waals surface area (Å²) in [6, 6.07) is 20.8. The van der Waals surface area contributed by atoms with E-state index in [-0.39, 0.29) is 16.8 Å². The van der Waals surface area contributed by atoms with Crippen molar-refractivity contribution in [3.63, 3.8) is 0 Å². The summed E-state index contributed by atoms with van der Waals surface area (Å²) in [5, 5.41) is 0.358. The van der Waals surface area contributed by atoms with Gasteiger partial charge in [0.2, 0.25) is 0 Å². The van der Waals surface area contributed by atoms with Crippen LogP contribution < -0.4 is 0 Å². The van der Waals surface area contributed by atoms with Gasteiger partial charge in [0.15, 0.2) is 16.8 Å². The van der Waals surface area contributed by atoms with Gasteiger partial charge in [-0.2, -0.15) is 0 Å². The molecule has 0 N–H and O–H groups in total. The lowest BCUT2D eigenvalue weighted by Gasteiger charge is -2.17. The first-order valence-electron chi connectivity index (χ1n) is 7.10. The number of benzene rings is 2. The highest BCUT2D eigenvalue weighted by Gasteiger charge is 2.50. The van der Waals surface area contributed by atoms with Gasteiger partial charge in [0.05, 0.1) is 5.92 Å². The maximum atomic E-state index is 12.5. The van der Waals surface area contributed by atoms with Crippen LogP contribution in [0.1, 0.15) is 29.2 Å². The maximum Gasteiger partial charge on any atom is 0.194 e. The highest BCUT2D eigenvalue weighted by atomic mass is 32.2. The van der Waals surface area contributed by atoms with Gasteiger partial charge in [-0.15, -0.1) is 0 Å². The molecule has 0 bridgehead atoms. The predicted molar refractivity (Wildman–Crippen MR) is 86.1 cm³/mol. The van der Waals surface area contributed by atoms with Crippen molar-refractivity contribution in [3.05, 3.63) is 71.8 Å². The lowest BCUT2D eigenvalue weighted by molar-refractivity contribution is -0.117. The molecule has 0 spiro atoms. The Bertz CT molecular complexity index is 579. The molecule has 1 heterocycles. The van der Waals surface area contributed by atoms with E-state index < -0.39 is 0 Å². The normalized spacial score (nSPS) is 25.9. The Morgan fingerprint density at radius 3 is 2.05 bits per heavy atom. The maximum absolute atomic E-state index is 12.5. The van der Waals surface area contributed by atoms with E-state index in [9.17, 15) is 4.79 Å². The van der Waals surface area contributed by atoms with Gasteiger partial charge >= 0.3 is 0 Å². The molecule has 0 aromatic heterocycles. The average molecular weight is 283 g/mol. The van der Waals surface area contributed by atoms with Crippen molar-refractivity contribution in [1.29, 1.82) is 0 Å². The quantitative estimate of drug-likeness (QED) is 0.784. The molecule has 0 amide bonds. The number of hydrogen-bond acceptors (Lipinski definition) is 1. The first-order valence-corrected chi connectivity index (χ1v) is 8.72. The van der Waals surface area contributed by atoms with E-state index in [1.807, 2.05) is 24.3 Å². The molecule has 0 radical (unpaired) electrons. The summed E-state index contributed by atoms with van der Waals surface area (Å²) in [5.74, 6) is 2.29. The van der Waals surface area contributed by atoms with Gasteiger partial charge < -0.3 is 0 Å². The van der Waals surface area contributed by atoms with Gasteiger partial charge in [0.1, 0.15) is 5.75 Å². The Morgan fingerprint density at radius 2 is 1.50 bits per heavy atom. The molecule has 1 aliphatic heterocycles. The van der Waals surface area contributed by atoms with Crippen LogP contribution in [0.2, 0.25) is 0 Å². The summed E-state index contributed by atoms with van der Waals surface area (Å²) < 4.78 is 0. The lowest BCUT2D eigenvalue weighted by atomic mass is 9.89. The van der Waals surface area contributed by atoms with Gasteiger partial charge in [-0.05, 0) is 12.5 Å². The second-order valence-electron chi connectivity index (χ2n) is 5.16. The third-order valence-corrected chi connectivity index (χ3v) is 6.65. The number of carbonyl (C=O) groups is 1. The second kappa shape index (κ2) is 5.84. The molecule has 0 saturated carbocycles. The third kappa shape index (κ3) is 2.40. The molecule has 1 nitrogen and oxygen atoms in total. The van der Waals surface area contributed by atoms with E-state index in [0.717, 1.165) is 11.5 Å². The topological polar surface area (TPSA) is 17.1 Å². The number of rotatable bonds is 3. The van der Waals surface area contributed by atoms with Gasteiger partial charge in [-0.1, -0.05) is 60.7 Å². The summed E-state index contributed by atoms with van der Waals surface area (Å²) in [7, 11) is 0.167. The largest absolute Gasteiger partial charge is 0.293 e. The predicted octanol–water partition coefficient (Wildman–Crippen LogP) is 3.73. The van der Waals surface area contributed by atoms with E-state index >= 15 is 0 Å². The van der Waals surface area contributed by atoms with Crippen molar-refractivity contribution in [1.82, 2.24) is 0 Å². The fourth-order valence-electron chi connectivity index (χ4n) is 3.05. The first-order chi connectivity index (χ1) is 9.81. The van der Waals surface area contributed by atoms with Crippen LogP contribution in [0.3, 0.4) is 0 Å². The summed E-state index contributed by atoms with van der Waals surface area (Å²) in [4.78, 5) is 12.5. The van der Waals surface area contributed by atoms with E-state index in [1.54, 1.807) is 0 Å². The van der Waals surface area contributed by atoms with E-state index in [4.69, 9.17) is 0 Å². The lowest BCUT2D eigenvalue weighted by Crippen LogP contribution is -2.16. The molecule has 102 valence electrons. The zero-order valence-electron chi connectivity index (χ0n) is 11.7. The molecular formula is C18H19OS+. The van der Waals surface area contributed by atoms with Crippen molar-refractivity contribution in [2.45, 2.75) is 18.1 Å². The Balaban J connectivity index is 2.04. The van der Waals surface area contributed by atoms with E-state index in [1.165, 1.54) is 11.1 Å². The Hall–Kier alpha value is -1.54. The van der Waals surface area contributed by atoms with Crippen LogP contribution in [0.25, 0.3) is 0 Å². The van der Waals surface area contributed by atoms with Crippen LogP contribution in [-0.2, 0) is 15.7 Å². The average Bonchev–Trinajstić information content (AvgIpc) is 2.85. The SMILES string of the molecule is CC[S+]1CC(=O)[C@@H](c2ccccc2)[C@@H]1c1ccccc1. The molecule has 2 heteroatoms. The molecule has 3 atom stereocenters. The Kier molecular flexibility index (Phi) is 3.93. The van der Waals surface area contributed by atoms with Crippen molar-refractivity contribution in [3.8, 4) is 0 Å². The minimum atomic E-state index is 0.0434. The van der Waals surface area contributed by atoms with Crippen molar-refractivity contribution in [2.24, 2.45) is 0 Å². The van der Waals surface area contributed by atoms with Crippen LogP contribution in [0, 0.1) is 0 Å². The standard InChI is InChI=1S/C18H19OS/c1-2-20-13-16(19)17(14-9-5-3-6-10-14)18(20)15-11-7-4-8-12-15/h3-12,17-18H,2,13H2,1H3/q+1/t17-,18+,20?/m1/s1. The zero-order valence-corrected chi connectivity index (χ0v) is 12.5. The van der Waals surface area contributed by atoms with Gasteiger partial charge in [-0.25, -0.2) is 0 Å². The molecule has 2 aromatic carbocycles. The van der Waals surface area contributed by atoms with Crippen molar-refractivity contribution in [2.75, 3.05) is 11.5 Å². The molecular weight excluding hydrogens is 264 g/mol. The van der Waals surface area contributed by atoms with Crippen molar-refractivity contribution < 1.29 is 4.79 Å². The van der Waals surface area contributed by atoms with Crippen LogP contribution in [0.4, 0.5) is 0 Å². The third-order valence-electron chi connectivity index (χ3n) is 3.99. The Morgan fingerprint density at radius 1 is 0.950 bits per heavy atom. The molecule has 20 heavy (non-hydrogen) atoms. The van der Waals surface area contributed by atoms with Crippen LogP contribution in [-0.4, -0.2) is 17.3 Å². The Labute approximate surface area is 123 Å². The summed E-state index contributed by atoms with van der Waals surface area (Å²) in [6.45, 7) is 2.21. The smallest absolute Gasteiger partial charge is 0.194 e.